The third-order valence-electron chi connectivity index (χ3n) is 6.52. The van der Waals surface area contributed by atoms with E-state index in [0.717, 1.165) is 25.7 Å². The van der Waals surface area contributed by atoms with Crippen LogP contribution in [0, 0.1) is 0 Å². The summed E-state index contributed by atoms with van der Waals surface area (Å²) < 4.78 is 11.0. The number of hydrogen-bond donors (Lipinski definition) is 2. The molecule has 0 fully saturated rings. The topological polar surface area (TPSA) is 76.7 Å². The van der Waals surface area contributed by atoms with Gasteiger partial charge in [-0.3, -0.25) is 9.59 Å². The average Bonchev–Trinajstić information content (AvgIpc) is 2.87. The van der Waals surface area contributed by atoms with E-state index in [0.29, 0.717) is 52.4 Å². The zero-order valence-corrected chi connectivity index (χ0v) is 24.0. The second kappa shape index (κ2) is 30.1. The molecule has 0 bridgehead atoms. The second-order valence-electron chi connectivity index (χ2n) is 10.1. The monoisotopic (exact) mass is 512 g/mol. The van der Waals surface area contributed by atoms with Gasteiger partial charge in [0, 0.05) is 25.9 Å². The first-order chi connectivity index (χ1) is 17.7. The first-order valence-corrected chi connectivity index (χ1v) is 15.4. The Morgan fingerprint density at radius 1 is 0.444 bits per heavy atom. The van der Waals surface area contributed by atoms with E-state index in [-0.39, 0.29) is 11.8 Å². The van der Waals surface area contributed by atoms with Crippen molar-refractivity contribution in [1.29, 1.82) is 0 Å². The van der Waals surface area contributed by atoms with Crippen LogP contribution < -0.4 is 10.6 Å². The summed E-state index contributed by atoms with van der Waals surface area (Å²) in [5.74, 6) is 0.242. The van der Waals surface area contributed by atoms with Gasteiger partial charge in [0.15, 0.2) is 0 Å². The fraction of sp³-hybridized carbons (Fsp3) is 0.933. The molecule has 36 heavy (non-hydrogen) atoms. The summed E-state index contributed by atoms with van der Waals surface area (Å²) in [4.78, 5) is 23.7. The van der Waals surface area contributed by atoms with Gasteiger partial charge in [0.2, 0.25) is 11.8 Å². The van der Waals surface area contributed by atoms with Crippen molar-refractivity contribution in [2.24, 2.45) is 0 Å². The number of amides is 2. The molecule has 0 atom stereocenters. The van der Waals surface area contributed by atoms with Crippen molar-refractivity contribution >= 4 is 11.8 Å². The highest BCUT2D eigenvalue weighted by atomic mass is 16.5. The van der Waals surface area contributed by atoms with Crippen LogP contribution in [0.2, 0.25) is 0 Å². The van der Waals surface area contributed by atoms with E-state index in [1.165, 1.54) is 89.9 Å². The maximum absolute atomic E-state index is 11.8. The molecule has 0 heterocycles. The number of rotatable bonds is 29. The molecule has 6 nitrogen and oxygen atoms in total. The Bertz CT molecular complexity index is 432. The van der Waals surface area contributed by atoms with Crippen LogP contribution in [0.5, 0.6) is 0 Å². The normalized spacial score (nSPS) is 11.1. The fourth-order valence-electron chi connectivity index (χ4n) is 4.22. The quantitative estimate of drug-likeness (QED) is 0.105. The third-order valence-corrected chi connectivity index (χ3v) is 6.52. The molecule has 0 aliphatic carbocycles. The smallest absolute Gasteiger partial charge is 0.220 e. The Balaban J connectivity index is 3.24. The molecule has 214 valence electrons. The lowest BCUT2D eigenvalue weighted by atomic mass is 10.1. The van der Waals surface area contributed by atoms with Crippen molar-refractivity contribution in [1.82, 2.24) is 10.6 Å². The minimum absolute atomic E-state index is 0.121. The van der Waals surface area contributed by atoms with Crippen molar-refractivity contribution in [2.75, 3.05) is 39.5 Å². The van der Waals surface area contributed by atoms with Gasteiger partial charge in [-0.15, -0.1) is 0 Å². The molecule has 0 aromatic heterocycles. The summed E-state index contributed by atoms with van der Waals surface area (Å²) in [7, 11) is 0. The number of carbonyl (C=O) groups is 2. The van der Waals surface area contributed by atoms with E-state index in [1.54, 1.807) is 0 Å². The molecule has 6 heteroatoms. The lowest BCUT2D eigenvalue weighted by Gasteiger charge is -2.08. The molecule has 0 aliphatic heterocycles. The van der Waals surface area contributed by atoms with Gasteiger partial charge in [-0.2, -0.15) is 0 Å². The molecule has 0 saturated carbocycles. The molecule has 0 saturated heterocycles. The maximum Gasteiger partial charge on any atom is 0.220 e. The molecule has 0 aromatic rings. The predicted molar refractivity (Wildman–Crippen MR) is 151 cm³/mol. The lowest BCUT2D eigenvalue weighted by molar-refractivity contribution is -0.122. The van der Waals surface area contributed by atoms with Crippen LogP contribution in [0.15, 0.2) is 0 Å². The number of ether oxygens (including phenoxy) is 2. The fourth-order valence-corrected chi connectivity index (χ4v) is 4.22. The van der Waals surface area contributed by atoms with Crippen molar-refractivity contribution in [3.8, 4) is 0 Å². The van der Waals surface area contributed by atoms with Crippen molar-refractivity contribution in [3.63, 3.8) is 0 Å². The first kappa shape index (κ1) is 34.9. The SMILES string of the molecule is CCCCCCCCCCCC(=O)NCCOCCOCCNC(=O)CCCCCCCCCCC. The zero-order valence-electron chi connectivity index (χ0n) is 24.0. The Kier molecular flexibility index (Phi) is 29.1. The Hall–Kier alpha value is -1.14. The molecule has 0 unspecified atom stereocenters. The van der Waals surface area contributed by atoms with Crippen LogP contribution in [-0.2, 0) is 19.1 Å². The van der Waals surface area contributed by atoms with Gasteiger partial charge < -0.3 is 20.1 Å². The third kappa shape index (κ3) is 29.1. The van der Waals surface area contributed by atoms with Gasteiger partial charge in [0.05, 0.1) is 26.4 Å². The van der Waals surface area contributed by atoms with Crippen molar-refractivity contribution < 1.29 is 19.1 Å². The highest BCUT2D eigenvalue weighted by Crippen LogP contribution is 2.11. The number of carbonyl (C=O) groups excluding carboxylic acids is 2. The van der Waals surface area contributed by atoms with Crippen molar-refractivity contribution in [2.45, 2.75) is 142 Å². The van der Waals surface area contributed by atoms with Gasteiger partial charge in [0.1, 0.15) is 0 Å². The van der Waals surface area contributed by atoms with Crippen LogP contribution in [-0.4, -0.2) is 51.3 Å². The summed E-state index contributed by atoms with van der Waals surface area (Å²) in [5, 5.41) is 5.83. The standard InChI is InChI=1S/C30H60N2O4/c1-3-5-7-9-11-13-15-17-19-21-29(33)31-23-25-35-27-28-36-26-24-32-30(34)22-20-18-16-14-12-10-8-6-4-2/h3-28H2,1-2H3,(H,31,33)(H,32,34). The van der Waals surface area contributed by atoms with Gasteiger partial charge in [-0.1, -0.05) is 117 Å². The number of hydrogen-bond acceptors (Lipinski definition) is 4. The van der Waals surface area contributed by atoms with Crippen LogP contribution >= 0.6 is 0 Å². The van der Waals surface area contributed by atoms with Gasteiger partial charge in [-0.05, 0) is 12.8 Å². The Labute approximate surface area is 223 Å². The van der Waals surface area contributed by atoms with Crippen LogP contribution in [0.1, 0.15) is 142 Å². The highest BCUT2D eigenvalue weighted by molar-refractivity contribution is 5.76. The van der Waals surface area contributed by atoms with Gasteiger partial charge in [-0.25, -0.2) is 0 Å². The molecule has 2 amide bonds. The highest BCUT2D eigenvalue weighted by Gasteiger charge is 2.02. The Morgan fingerprint density at radius 3 is 1.08 bits per heavy atom. The minimum atomic E-state index is 0.121. The molecule has 0 aromatic carbocycles. The Morgan fingerprint density at radius 2 is 0.750 bits per heavy atom. The summed E-state index contributed by atoms with van der Waals surface area (Å²) in [6.45, 7) is 7.59. The molecular formula is C30H60N2O4. The van der Waals surface area contributed by atoms with E-state index >= 15 is 0 Å². The maximum atomic E-state index is 11.8. The summed E-state index contributed by atoms with van der Waals surface area (Å²) in [5.41, 5.74) is 0. The van der Waals surface area contributed by atoms with Gasteiger partial charge >= 0.3 is 0 Å². The average molecular weight is 513 g/mol. The van der Waals surface area contributed by atoms with E-state index in [4.69, 9.17) is 9.47 Å². The van der Waals surface area contributed by atoms with E-state index in [1.807, 2.05) is 0 Å². The second-order valence-corrected chi connectivity index (χ2v) is 10.1. The van der Waals surface area contributed by atoms with Crippen LogP contribution in [0.3, 0.4) is 0 Å². The lowest BCUT2D eigenvalue weighted by Crippen LogP contribution is -2.28. The predicted octanol–water partition coefficient (Wildman–Crippen LogP) is 7.09. The molecule has 0 spiro atoms. The number of nitrogens with one attached hydrogen (secondary N) is 2. The van der Waals surface area contributed by atoms with E-state index < -0.39 is 0 Å². The number of unbranched alkanes of at least 4 members (excludes halogenated alkanes) is 16. The summed E-state index contributed by atoms with van der Waals surface area (Å²) in [6, 6.07) is 0. The zero-order chi connectivity index (χ0) is 26.4. The summed E-state index contributed by atoms with van der Waals surface area (Å²) >= 11 is 0. The van der Waals surface area contributed by atoms with Gasteiger partial charge in [0.25, 0.3) is 0 Å². The van der Waals surface area contributed by atoms with E-state index in [9.17, 15) is 9.59 Å². The van der Waals surface area contributed by atoms with Crippen LogP contribution in [0.25, 0.3) is 0 Å². The molecule has 0 aliphatic rings. The molecule has 0 radical (unpaired) electrons. The van der Waals surface area contributed by atoms with E-state index in [2.05, 4.69) is 24.5 Å². The summed E-state index contributed by atoms with van der Waals surface area (Å²) in [6.07, 6.45) is 24.0. The largest absolute Gasteiger partial charge is 0.377 e. The minimum Gasteiger partial charge on any atom is -0.377 e. The molecule has 0 rings (SSSR count). The molecule has 2 N–H and O–H groups in total. The van der Waals surface area contributed by atoms with Crippen molar-refractivity contribution in [3.05, 3.63) is 0 Å². The first-order valence-electron chi connectivity index (χ1n) is 15.4. The van der Waals surface area contributed by atoms with Crippen LogP contribution in [0.4, 0.5) is 0 Å². The molecular weight excluding hydrogens is 452 g/mol.